The number of carboxylic acids is 1. The molecule has 0 unspecified atom stereocenters. The molecule has 0 aliphatic carbocycles. The predicted octanol–water partition coefficient (Wildman–Crippen LogP) is 3.10. The van der Waals surface area contributed by atoms with Crippen LogP contribution in [0.2, 0.25) is 5.02 Å². The summed E-state index contributed by atoms with van der Waals surface area (Å²) in [7, 11) is 0. The number of halogens is 1. The fraction of sp³-hybridized carbons (Fsp3) is 0. The molecule has 2 aromatic carbocycles. The summed E-state index contributed by atoms with van der Waals surface area (Å²) >= 11 is 5.82. The highest BCUT2D eigenvalue weighted by molar-refractivity contribution is 6.73. The van der Waals surface area contributed by atoms with Crippen molar-refractivity contribution in [2.45, 2.75) is 0 Å². The average Bonchev–Trinajstić information content (AvgIpc) is 2.94. The van der Waals surface area contributed by atoms with Gasteiger partial charge in [0.05, 0.1) is 22.0 Å². The second-order valence-electron chi connectivity index (χ2n) is 5.10. The summed E-state index contributed by atoms with van der Waals surface area (Å²) in [5, 5.41) is 23.3. The van der Waals surface area contributed by atoms with E-state index in [0.717, 1.165) is 5.01 Å². The van der Waals surface area contributed by atoms with E-state index in [1.165, 1.54) is 42.5 Å². The number of aromatic carboxylic acids is 1. The molecule has 1 aliphatic heterocycles. The zero-order valence-corrected chi connectivity index (χ0v) is 13.7. The minimum Gasteiger partial charge on any atom is -0.506 e. The van der Waals surface area contributed by atoms with Crippen molar-refractivity contribution in [3.63, 3.8) is 0 Å². The highest BCUT2D eigenvalue weighted by atomic mass is 35.5. The zero-order valence-electron chi connectivity index (χ0n) is 12.9. The number of aromatic hydroxyl groups is 1. The number of hydrogen-bond acceptors (Lipinski definition) is 5. The molecule has 0 radical (unpaired) electrons. The number of amides is 1. The number of phenols is 1. The fourth-order valence-electron chi connectivity index (χ4n) is 2.17. The van der Waals surface area contributed by atoms with E-state index >= 15 is 0 Å². The zero-order chi connectivity index (χ0) is 18.8. The number of hydrogen-bond donors (Lipinski definition) is 2. The Balaban J connectivity index is 1.97. The average molecular weight is 369 g/mol. The molecule has 2 N–H and O–H groups in total. The molecule has 3 rings (SSSR count). The highest BCUT2D eigenvalue weighted by Gasteiger charge is 2.36. The Hall–Kier alpha value is -3.70. The van der Waals surface area contributed by atoms with E-state index in [0.29, 0.717) is 5.69 Å². The van der Waals surface area contributed by atoms with Gasteiger partial charge in [0.15, 0.2) is 5.71 Å². The van der Waals surface area contributed by atoms with Gasteiger partial charge < -0.3 is 15.1 Å². The lowest BCUT2D eigenvalue weighted by molar-refractivity contribution is -0.112. The molecule has 0 atom stereocenters. The van der Waals surface area contributed by atoms with Gasteiger partial charge in [-0.25, -0.2) is 4.79 Å². The third-order valence-corrected chi connectivity index (χ3v) is 3.74. The van der Waals surface area contributed by atoms with Crippen molar-refractivity contribution in [2.75, 3.05) is 5.01 Å². The molecule has 1 amide bonds. The number of hydrazone groups is 1. The molecule has 26 heavy (non-hydrogen) atoms. The second-order valence-corrected chi connectivity index (χ2v) is 5.51. The maximum absolute atomic E-state index is 12.6. The van der Waals surface area contributed by atoms with E-state index < -0.39 is 11.9 Å². The number of benzene rings is 2. The van der Waals surface area contributed by atoms with E-state index in [-0.39, 0.29) is 33.6 Å². The van der Waals surface area contributed by atoms with Crippen molar-refractivity contribution in [1.82, 2.24) is 0 Å². The molecule has 8 nitrogen and oxygen atoms in total. The topological polar surface area (TPSA) is 107 Å². The summed E-state index contributed by atoms with van der Waals surface area (Å²) in [6, 6.07) is 9.58. The van der Waals surface area contributed by atoms with Gasteiger partial charge in [0.1, 0.15) is 5.75 Å². The number of anilines is 1. The second kappa shape index (κ2) is 6.66. The normalized spacial score (nSPS) is 15.1. The Bertz CT molecular complexity index is 1020. The third-order valence-electron chi connectivity index (χ3n) is 3.44. The number of phenolic OH excluding ortho intramolecular Hbond substituents is 1. The predicted molar refractivity (Wildman–Crippen MR) is 95.1 cm³/mol. The minimum absolute atomic E-state index is 0.0553. The highest BCUT2D eigenvalue weighted by Crippen LogP contribution is 2.29. The van der Waals surface area contributed by atoms with Gasteiger partial charge in [-0.2, -0.15) is 0 Å². The number of carbonyl (C=O) groups is 2. The van der Waals surface area contributed by atoms with Gasteiger partial charge in [0.2, 0.25) is 0 Å². The SMILES string of the molecule is [C-]#[N+]C1=NN(c2ccc(C(=O)O)cc2)C(=O)C1=Nc1ccc(O)c(Cl)c1. The summed E-state index contributed by atoms with van der Waals surface area (Å²) in [6.07, 6.45) is 0. The monoisotopic (exact) mass is 368 g/mol. The van der Waals surface area contributed by atoms with Gasteiger partial charge in [0, 0.05) is 0 Å². The molecule has 1 aliphatic rings. The molecule has 0 saturated carbocycles. The Labute approximate surface area is 152 Å². The quantitative estimate of drug-likeness (QED) is 0.811. The van der Waals surface area contributed by atoms with Gasteiger partial charge in [-0.05, 0) is 47.6 Å². The lowest BCUT2D eigenvalue weighted by Gasteiger charge is -2.07. The van der Waals surface area contributed by atoms with Crippen LogP contribution in [0.1, 0.15) is 10.4 Å². The van der Waals surface area contributed by atoms with Crippen LogP contribution in [0.25, 0.3) is 4.85 Å². The first-order valence-electron chi connectivity index (χ1n) is 7.12. The molecular weight excluding hydrogens is 360 g/mol. The van der Waals surface area contributed by atoms with Gasteiger partial charge in [0.25, 0.3) is 0 Å². The smallest absolute Gasteiger partial charge is 0.335 e. The first-order chi connectivity index (χ1) is 12.4. The van der Waals surface area contributed by atoms with Crippen LogP contribution in [0.3, 0.4) is 0 Å². The summed E-state index contributed by atoms with van der Waals surface area (Å²) in [5.74, 6) is -2.07. The lowest BCUT2D eigenvalue weighted by Crippen LogP contribution is -2.27. The number of rotatable bonds is 3. The van der Waals surface area contributed by atoms with E-state index in [4.69, 9.17) is 23.3 Å². The number of carbonyl (C=O) groups excluding carboxylic acids is 1. The van der Waals surface area contributed by atoms with Crippen molar-refractivity contribution in [1.29, 1.82) is 0 Å². The molecule has 0 spiro atoms. The lowest BCUT2D eigenvalue weighted by atomic mass is 10.2. The van der Waals surface area contributed by atoms with Crippen molar-refractivity contribution in [3.8, 4) is 5.75 Å². The van der Waals surface area contributed by atoms with Crippen LogP contribution in [0, 0.1) is 6.57 Å². The van der Waals surface area contributed by atoms with Crippen molar-refractivity contribution >= 4 is 46.4 Å². The molecule has 0 aromatic heterocycles. The van der Waals surface area contributed by atoms with Crippen LogP contribution in [-0.2, 0) is 4.79 Å². The van der Waals surface area contributed by atoms with E-state index in [1.807, 2.05) is 0 Å². The van der Waals surface area contributed by atoms with Gasteiger partial charge >= 0.3 is 17.7 Å². The molecule has 0 bridgehead atoms. The van der Waals surface area contributed by atoms with Crippen LogP contribution in [-0.4, -0.2) is 33.6 Å². The first-order valence-corrected chi connectivity index (χ1v) is 7.50. The van der Waals surface area contributed by atoms with Crippen LogP contribution >= 0.6 is 11.6 Å². The van der Waals surface area contributed by atoms with Crippen LogP contribution in [0.5, 0.6) is 5.75 Å². The molecule has 128 valence electrons. The van der Waals surface area contributed by atoms with Gasteiger partial charge in [-0.3, -0.25) is 9.79 Å². The summed E-state index contributed by atoms with van der Waals surface area (Å²) < 4.78 is 0. The molecule has 0 saturated heterocycles. The van der Waals surface area contributed by atoms with Crippen LogP contribution in [0.4, 0.5) is 11.4 Å². The molecule has 9 heteroatoms. The van der Waals surface area contributed by atoms with Crippen molar-refractivity contribution in [3.05, 3.63) is 64.5 Å². The number of carboxylic acid groups (broad SMARTS) is 1. The largest absolute Gasteiger partial charge is 0.506 e. The summed E-state index contributed by atoms with van der Waals surface area (Å²) in [6.45, 7) is 7.20. The molecular formula is C17H9ClN4O4. The number of aliphatic imine (C=N–C) groups is 1. The maximum atomic E-state index is 12.6. The minimum atomic E-state index is -1.10. The molecule has 2 aromatic rings. The fourth-order valence-corrected chi connectivity index (χ4v) is 2.35. The van der Waals surface area contributed by atoms with Crippen LogP contribution in [0.15, 0.2) is 52.6 Å². The first kappa shape index (κ1) is 17.1. The van der Waals surface area contributed by atoms with Gasteiger partial charge in [-0.15, -0.1) is 5.01 Å². The Morgan fingerprint density at radius 3 is 2.50 bits per heavy atom. The number of amidine groups is 1. The van der Waals surface area contributed by atoms with E-state index in [1.54, 1.807) is 0 Å². The number of nitrogens with zero attached hydrogens (tertiary/aromatic N) is 4. The van der Waals surface area contributed by atoms with Crippen molar-refractivity contribution < 1.29 is 19.8 Å². The Morgan fingerprint density at radius 2 is 1.92 bits per heavy atom. The van der Waals surface area contributed by atoms with Crippen molar-refractivity contribution in [2.24, 2.45) is 10.1 Å². The van der Waals surface area contributed by atoms with Crippen LogP contribution < -0.4 is 5.01 Å². The van der Waals surface area contributed by atoms with E-state index in [2.05, 4.69) is 14.9 Å². The third kappa shape index (κ3) is 3.11. The molecule has 1 heterocycles. The Kier molecular flexibility index (Phi) is 4.39. The summed E-state index contributed by atoms with van der Waals surface area (Å²) in [4.78, 5) is 30.8. The maximum Gasteiger partial charge on any atom is 0.335 e. The molecule has 0 fully saturated rings. The standard InChI is InChI=1S/C17H9ClN4O4/c1-19-15-14(20-10-4-7-13(23)12(18)8-10)16(24)22(21-15)11-5-2-9(3-6-11)17(25)26/h2-8,23H,(H,25,26). The Morgan fingerprint density at radius 1 is 1.23 bits per heavy atom. The van der Waals surface area contributed by atoms with Gasteiger partial charge in [-0.1, -0.05) is 18.2 Å². The summed E-state index contributed by atoms with van der Waals surface area (Å²) in [5.41, 5.74) is 0.456. The van der Waals surface area contributed by atoms with E-state index in [9.17, 15) is 14.7 Å².